The van der Waals surface area contributed by atoms with Crippen LogP contribution in [0.2, 0.25) is 0 Å². The summed E-state index contributed by atoms with van der Waals surface area (Å²) in [4.78, 5) is 30.5. The maximum atomic E-state index is 13.2. The summed E-state index contributed by atoms with van der Waals surface area (Å²) in [5.74, 6) is -1.52. The molecule has 2 fully saturated rings. The number of carbonyl (C=O) groups excluding carboxylic acids is 2. The Labute approximate surface area is 206 Å². The number of epoxide rings is 1. The summed E-state index contributed by atoms with van der Waals surface area (Å²) < 4.78 is 11.7. The molecule has 0 aromatic carbocycles. The number of hydrogen-bond acceptors (Lipinski definition) is 8. The van der Waals surface area contributed by atoms with Crippen LogP contribution in [0.25, 0.3) is 6.08 Å². The van der Waals surface area contributed by atoms with Crippen molar-refractivity contribution < 1.29 is 29.3 Å². The molecule has 190 valence electrons. The first kappa shape index (κ1) is 27.0. The summed E-state index contributed by atoms with van der Waals surface area (Å²) in [5.41, 5.74) is 0.494. The van der Waals surface area contributed by atoms with E-state index in [1.807, 2.05) is 32.2 Å². The fraction of sp³-hybridized carbons (Fsp3) is 0.731. The van der Waals surface area contributed by atoms with Crippen LogP contribution >= 0.6 is 11.3 Å². The quantitative estimate of drug-likeness (QED) is 0.472. The van der Waals surface area contributed by atoms with Crippen LogP contribution in [0, 0.1) is 24.2 Å². The second-order valence-corrected chi connectivity index (χ2v) is 11.7. The van der Waals surface area contributed by atoms with Crippen LogP contribution in [0.1, 0.15) is 77.4 Å². The molecule has 2 aliphatic rings. The summed E-state index contributed by atoms with van der Waals surface area (Å²) in [5, 5.41) is 24.5. The smallest absolute Gasteiger partial charge is 0.309 e. The van der Waals surface area contributed by atoms with Crippen molar-refractivity contribution in [2.75, 3.05) is 0 Å². The molecule has 2 aliphatic heterocycles. The molecule has 3 heterocycles. The minimum Gasteiger partial charge on any atom is -0.458 e. The number of fused-ring (bicyclic) bond motifs is 1. The maximum absolute atomic E-state index is 13.2. The van der Waals surface area contributed by atoms with E-state index in [0.717, 1.165) is 35.5 Å². The normalized spacial score (nSPS) is 36.0. The van der Waals surface area contributed by atoms with Crippen molar-refractivity contribution in [1.82, 2.24) is 4.98 Å². The Hall–Kier alpha value is -1.61. The van der Waals surface area contributed by atoms with Gasteiger partial charge in [-0.3, -0.25) is 9.59 Å². The third-order valence-electron chi connectivity index (χ3n) is 7.41. The lowest BCUT2D eigenvalue weighted by atomic mass is 9.73. The molecule has 7 atom stereocenters. The third kappa shape index (κ3) is 6.53. The van der Waals surface area contributed by atoms with Crippen LogP contribution in [0.4, 0.5) is 0 Å². The summed E-state index contributed by atoms with van der Waals surface area (Å²) in [6.07, 6.45) is 2.28. The average molecular weight is 494 g/mol. The second-order valence-electron chi connectivity index (χ2n) is 10.6. The molecule has 0 saturated carbocycles. The minimum absolute atomic E-state index is 0.00770. The van der Waals surface area contributed by atoms with Gasteiger partial charge < -0.3 is 19.7 Å². The van der Waals surface area contributed by atoms with Gasteiger partial charge in [0.15, 0.2) is 0 Å². The Balaban J connectivity index is 1.81. The summed E-state index contributed by atoms with van der Waals surface area (Å²) in [6.45, 7) is 10.8. The number of rotatable bonds is 2. The van der Waals surface area contributed by atoms with Gasteiger partial charge in [0, 0.05) is 17.7 Å². The number of aryl methyl sites for hydroxylation is 1. The monoisotopic (exact) mass is 493 g/mol. The van der Waals surface area contributed by atoms with Crippen LogP contribution in [0.3, 0.4) is 0 Å². The Bertz CT molecular complexity index is 909. The molecule has 0 unspecified atom stereocenters. The Morgan fingerprint density at radius 3 is 2.56 bits per heavy atom. The van der Waals surface area contributed by atoms with Gasteiger partial charge in [-0.15, -0.1) is 11.3 Å². The highest BCUT2D eigenvalue weighted by Crippen LogP contribution is 2.36. The molecule has 3 rings (SSSR count). The summed E-state index contributed by atoms with van der Waals surface area (Å²) >= 11 is 1.56. The number of aliphatic hydroxyl groups excluding tert-OH is 2. The van der Waals surface area contributed by atoms with Crippen molar-refractivity contribution in [3.05, 3.63) is 21.7 Å². The van der Waals surface area contributed by atoms with Gasteiger partial charge in [-0.1, -0.05) is 34.1 Å². The second kappa shape index (κ2) is 11.0. The molecular weight excluding hydrogens is 454 g/mol. The van der Waals surface area contributed by atoms with Crippen LogP contribution in [-0.2, 0) is 19.1 Å². The van der Waals surface area contributed by atoms with Crippen LogP contribution in [0.15, 0.2) is 11.0 Å². The van der Waals surface area contributed by atoms with Gasteiger partial charge >= 0.3 is 5.97 Å². The first-order valence-corrected chi connectivity index (χ1v) is 13.1. The average Bonchev–Trinajstić information content (AvgIpc) is 3.38. The molecule has 1 aromatic heterocycles. The lowest BCUT2D eigenvalue weighted by molar-refractivity contribution is -0.154. The molecule has 34 heavy (non-hydrogen) atoms. The van der Waals surface area contributed by atoms with E-state index in [4.69, 9.17) is 9.47 Å². The fourth-order valence-corrected chi connectivity index (χ4v) is 5.35. The van der Waals surface area contributed by atoms with E-state index in [9.17, 15) is 19.8 Å². The zero-order chi connectivity index (χ0) is 25.2. The summed E-state index contributed by atoms with van der Waals surface area (Å²) in [7, 11) is 0. The van der Waals surface area contributed by atoms with Crippen molar-refractivity contribution in [2.45, 2.75) is 104 Å². The van der Waals surface area contributed by atoms with E-state index in [0.29, 0.717) is 6.42 Å². The molecule has 7 nitrogen and oxygen atoms in total. The van der Waals surface area contributed by atoms with Gasteiger partial charge in [0.25, 0.3) is 0 Å². The number of thiazole rings is 1. The number of aliphatic hydroxyl groups is 2. The maximum Gasteiger partial charge on any atom is 0.309 e. The van der Waals surface area contributed by atoms with Crippen LogP contribution in [0.5, 0.6) is 0 Å². The van der Waals surface area contributed by atoms with E-state index >= 15 is 0 Å². The Morgan fingerprint density at radius 2 is 1.91 bits per heavy atom. The standard InChI is InChI=1S/C26H39NO6S/c1-14-8-7-9-19-21(32-19)11-20(15(2)10-18-13-34-17(4)27-18)33-23(29)12-22(28)26(5,6)25(31)16(3)24(14)30/h10,13-14,16,19-22,24,28,30H,7-9,11-12H2,1-6H3/b15-10+/t14-,16+,19+,20+,21-,22+,24-/m0/s1. The van der Waals surface area contributed by atoms with Crippen molar-refractivity contribution >= 4 is 29.2 Å². The van der Waals surface area contributed by atoms with Gasteiger partial charge in [-0.25, -0.2) is 4.98 Å². The molecule has 0 spiro atoms. The van der Waals surface area contributed by atoms with E-state index in [1.165, 1.54) is 0 Å². The Kier molecular flexibility index (Phi) is 8.71. The van der Waals surface area contributed by atoms with E-state index < -0.39 is 35.6 Å². The number of cyclic esters (lactones) is 1. The van der Waals surface area contributed by atoms with E-state index in [-0.39, 0.29) is 30.3 Å². The molecular formula is C26H39NO6S. The van der Waals surface area contributed by atoms with Gasteiger partial charge in [0.2, 0.25) is 0 Å². The van der Waals surface area contributed by atoms with Crippen molar-refractivity contribution in [2.24, 2.45) is 17.3 Å². The molecule has 1 aromatic rings. The van der Waals surface area contributed by atoms with Crippen LogP contribution in [-0.4, -0.2) is 57.5 Å². The molecule has 0 bridgehead atoms. The minimum atomic E-state index is -1.22. The van der Waals surface area contributed by atoms with Crippen molar-refractivity contribution in [3.8, 4) is 0 Å². The number of ether oxygens (including phenoxy) is 2. The van der Waals surface area contributed by atoms with Crippen molar-refractivity contribution in [1.29, 1.82) is 0 Å². The number of esters is 1. The highest BCUT2D eigenvalue weighted by atomic mass is 32.1. The number of nitrogens with zero attached hydrogens (tertiary/aromatic N) is 1. The molecule has 8 heteroatoms. The predicted molar refractivity (Wildman–Crippen MR) is 131 cm³/mol. The Morgan fingerprint density at radius 1 is 1.21 bits per heavy atom. The molecule has 2 N–H and O–H groups in total. The van der Waals surface area contributed by atoms with Crippen molar-refractivity contribution in [3.63, 3.8) is 0 Å². The number of aromatic nitrogens is 1. The number of Topliss-reactive ketones (excluding diaryl/α,β-unsaturated/α-hetero) is 1. The third-order valence-corrected chi connectivity index (χ3v) is 8.20. The first-order chi connectivity index (χ1) is 15.9. The number of ketones is 1. The highest BCUT2D eigenvalue weighted by Gasteiger charge is 2.44. The zero-order valence-corrected chi connectivity index (χ0v) is 21.9. The fourth-order valence-electron chi connectivity index (χ4n) is 4.78. The number of carbonyl (C=O) groups is 2. The zero-order valence-electron chi connectivity index (χ0n) is 21.1. The van der Waals surface area contributed by atoms with E-state index in [1.54, 1.807) is 32.1 Å². The largest absolute Gasteiger partial charge is 0.458 e. The highest BCUT2D eigenvalue weighted by molar-refractivity contribution is 7.09. The molecule has 2 saturated heterocycles. The van der Waals surface area contributed by atoms with Gasteiger partial charge in [0.1, 0.15) is 11.9 Å². The lowest BCUT2D eigenvalue weighted by Gasteiger charge is -2.34. The van der Waals surface area contributed by atoms with Crippen LogP contribution < -0.4 is 0 Å². The van der Waals surface area contributed by atoms with Gasteiger partial charge in [-0.05, 0) is 44.3 Å². The predicted octanol–water partition coefficient (Wildman–Crippen LogP) is 4.09. The number of hydrogen-bond donors (Lipinski definition) is 2. The topological polar surface area (TPSA) is 109 Å². The van der Waals surface area contributed by atoms with E-state index in [2.05, 4.69) is 4.98 Å². The molecule has 0 aliphatic carbocycles. The SMILES string of the molecule is C/C(=C\c1csc(C)n1)[C@H]1C[C@@H]2O[C@@H]2CCC[C@H](C)[C@H](O)[C@@H](C)C(=O)C(C)(C)[C@H](O)CC(=O)O1. The molecule has 0 amide bonds. The van der Waals surface area contributed by atoms with Gasteiger partial charge in [0.05, 0.1) is 47.0 Å². The molecule has 0 radical (unpaired) electrons. The van der Waals surface area contributed by atoms with Gasteiger partial charge in [-0.2, -0.15) is 0 Å². The summed E-state index contributed by atoms with van der Waals surface area (Å²) in [6, 6.07) is 0. The first-order valence-electron chi connectivity index (χ1n) is 12.3. The lowest BCUT2D eigenvalue weighted by Crippen LogP contribution is -2.45.